The van der Waals surface area contributed by atoms with Gasteiger partial charge in [0, 0.05) is 0 Å². The van der Waals surface area contributed by atoms with E-state index in [2.05, 4.69) is 52.0 Å². The van der Waals surface area contributed by atoms with Crippen molar-refractivity contribution in [3.63, 3.8) is 0 Å². The van der Waals surface area contributed by atoms with Gasteiger partial charge in [0.05, 0.1) is 0 Å². The summed E-state index contributed by atoms with van der Waals surface area (Å²) in [7, 11) is 0. The quantitative estimate of drug-likeness (QED) is 0.409. The maximum absolute atomic E-state index is 2.29. The molecule has 0 saturated carbocycles. The zero-order valence-electron chi connectivity index (χ0n) is 10.1. The van der Waals surface area contributed by atoms with Crippen LogP contribution in [0.5, 0.6) is 0 Å². The molecule has 0 saturated heterocycles. The van der Waals surface area contributed by atoms with Crippen LogP contribution in [0.2, 0.25) is 0 Å². The fourth-order valence-corrected chi connectivity index (χ4v) is 1.20. The topological polar surface area (TPSA) is 0 Å². The molecule has 0 heteroatoms. The fourth-order valence-electron chi connectivity index (χ4n) is 1.20. The van der Waals surface area contributed by atoms with Crippen molar-refractivity contribution in [2.45, 2.75) is 53.4 Å². The highest BCUT2D eigenvalue weighted by Crippen LogP contribution is 2.08. The zero-order valence-corrected chi connectivity index (χ0v) is 10.1. The van der Waals surface area contributed by atoms with Crippen molar-refractivity contribution in [3.05, 3.63) is 35.5 Å². The van der Waals surface area contributed by atoms with E-state index in [1.165, 1.54) is 30.4 Å². The summed E-state index contributed by atoms with van der Waals surface area (Å²) in [4.78, 5) is 0. The third-order valence-electron chi connectivity index (χ3n) is 2.33. The Morgan fingerprint density at radius 3 is 2.43 bits per heavy atom. The van der Waals surface area contributed by atoms with Crippen LogP contribution < -0.4 is 0 Å². The lowest BCUT2D eigenvalue weighted by atomic mass is 10.1. The molecule has 0 aliphatic heterocycles. The van der Waals surface area contributed by atoms with E-state index in [0.29, 0.717) is 0 Å². The Hall–Kier alpha value is -0.780. The van der Waals surface area contributed by atoms with Crippen LogP contribution in [0.1, 0.15) is 53.4 Å². The molecule has 0 amide bonds. The lowest BCUT2D eigenvalue weighted by molar-refractivity contribution is 0.814. The maximum Gasteiger partial charge on any atom is -0.0307 e. The average molecular weight is 192 g/mol. The number of hydrogen-bond donors (Lipinski definition) is 0. The highest BCUT2D eigenvalue weighted by molar-refractivity contribution is 5.28. The van der Waals surface area contributed by atoms with E-state index < -0.39 is 0 Å². The first-order valence-electron chi connectivity index (χ1n) is 5.74. The van der Waals surface area contributed by atoms with Crippen LogP contribution in [0.25, 0.3) is 0 Å². The second-order valence-electron chi connectivity index (χ2n) is 3.65. The van der Waals surface area contributed by atoms with Gasteiger partial charge in [0.15, 0.2) is 0 Å². The van der Waals surface area contributed by atoms with Gasteiger partial charge in [0.1, 0.15) is 0 Å². The first-order chi connectivity index (χ1) is 6.74. The Balaban J connectivity index is 4.14. The Labute approximate surface area is 89.4 Å². The molecule has 0 aromatic rings. The molecule has 14 heavy (non-hydrogen) atoms. The molecule has 0 aromatic carbocycles. The SMILES string of the molecule is C/C=C(C)/C=C(/C=C/CCCC)CC. The molecule has 0 bridgehead atoms. The first-order valence-corrected chi connectivity index (χ1v) is 5.74. The summed E-state index contributed by atoms with van der Waals surface area (Å²) in [6.07, 6.45) is 13.9. The van der Waals surface area contributed by atoms with Crippen LogP contribution in [0.15, 0.2) is 35.5 Å². The highest BCUT2D eigenvalue weighted by Gasteiger charge is 1.88. The van der Waals surface area contributed by atoms with Crippen molar-refractivity contribution >= 4 is 0 Å². The predicted molar refractivity (Wildman–Crippen MR) is 66.5 cm³/mol. The van der Waals surface area contributed by atoms with Crippen molar-refractivity contribution in [1.29, 1.82) is 0 Å². The van der Waals surface area contributed by atoms with Gasteiger partial charge in [0.25, 0.3) is 0 Å². The van der Waals surface area contributed by atoms with Gasteiger partial charge >= 0.3 is 0 Å². The molecule has 80 valence electrons. The van der Waals surface area contributed by atoms with Crippen molar-refractivity contribution in [3.8, 4) is 0 Å². The average Bonchev–Trinajstić information content (AvgIpc) is 2.22. The Kier molecular flexibility index (Phi) is 8.31. The molecule has 0 rings (SSSR count). The minimum Gasteiger partial charge on any atom is -0.0847 e. The molecule has 0 nitrogen and oxygen atoms in total. The van der Waals surface area contributed by atoms with Gasteiger partial charge in [-0.15, -0.1) is 0 Å². The minimum absolute atomic E-state index is 1.12. The molecular formula is C14H24. The number of unbranched alkanes of at least 4 members (excludes halogenated alkanes) is 2. The Morgan fingerprint density at radius 1 is 1.21 bits per heavy atom. The summed E-state index contributed by atoms with van der Waals surface area (Å²) in [5.41, 5.74) is 2.78. The molecule has 0 atom stereocenters. The zero-order chi connectivity index (χ0) is 10.8. The van der Waals surface area contributed by atoms with Crippen LogP contribution in [0.3, 0.4) is 0 Å². The third kappa shape index (κ3) is 6.71. The Morgan fingerprint density at radius 2 is 1.93 bits per heavy atom. The van der Waals surface area contributed by atoms with E-state index in [4.69, 9.17) is 0 Å². The van der Waals surface area contributed by atoms with Gasteiger partial charge in [-0.1, -0.05) is 56.6 Å². The lowest BCUT2D eigenvalue weighted by Gasteiger charge is -1.98. The smallest absolute Gasteiger partial charge is 0.0307 e. The number of rotatable bonds is 6. The molecule has 0 radical (unpaired) electrons. The van der Waals surface area contributed by atoms with Gasteiger partial charge < -0.3 is 0 Å². The molecule has 0 aliphatic carbocycles. The summed E-state index contributed by atoms with van der Waals surface area (Å²) in [5, 5.41) is 0. The molecular weight excluding hydrogens is 168 g/mol. The minimum atomic E-state index is 1.12. The van der Waals surface area contributed by atoms with Gasteiger partial charge in [-0.3, -0.25) is 0 Å². The second-order valence-corrected chi connectivity index (χ2v) is 3.65. The van der Waals surface area contributed by atoms with Gasteiger partial charge in [-0.05, 0) is 32.3 Å². The maximum atomic E-state index is 2.29. The van der Waals surface area contributed by atoms with Gasteiger partial charge in [-0.2, -0.15) is 0 Å². The van der Waals surface area contributed by atoms with Crippen LogP contribution in [0, 0.1) is 0 Å². The summed E-state index contributed by atoms with van der Waals surface area (Å²) in [5.74, 6) is 0. The number of allylic oxidation sites excluding steroid dienone is 6. The van der Waals surface area contributed by atoms with Gasteiger partial charge in [0.2, 0.25) is 0 Å². The fraction of sp³-hybridized carbons (Fsp3) is 0.571. The van der Waals surface area contributed by atoms with E-state index >= 15 is 0 Å². The monoisotopic (exact) mass is 192 g/mol. The van der Waals surface area contributed by atoms with Crippen LogP contribution in [-0.4, -0.2) is 0 Å². The van der Waals surface area contributed by atoms with E-state index in [1.807, 2.05) is 0 Å². The first kappa shape index (κ1) is 13.2. The van der Waals surface area contributed by atoms with Crippen LogP contribution in [-0.2, 0) is 0 Å². The van der Waals surface area contributed by atoms with Crippen molar-refractivity contribution in [2.75, 3.05) is 0 Å². The summed E-state index contributed by atoms with van der Waals surface area (Å²) >= 11 is 0. The normalized spacial score (nSPS) is 14.0. The molecule has 0 fully saturated rings. The Bertz CT molecular complexity index is 216. The predicted octanol–water partition coefficient (Wildman–Crippen LogP) is 5.04. The summed E-state index contributed by atoms with van der Waals surface area (Å²) in [6, 6.07) is 0. The number of hydrogen-bond acceptors (Lipinski definition) is 0. The molecule has 0 aliphatic rings. The van der Waals surface area contributed by atoms with Crippen LogP contribution in [0.4, 0.5) is 0 Å². The summed E-state index contributed by atoms with van der Waals surface area (Å²) < 4.78 is 0. The standard InChI is InChI=1S/C14H24/c1-5-8-9-10-11-14(7-3)12-13(4)6-2/h6,10-12H,5,7-9H2,1-4H3/b11-10+,13-6+,14-12+. The van der Waals surface area contributed by atoms with Crippen molar-refractivity contribution < 1.29 is 0 Å². The van der Waals surface area contributed by atoms with Crippen molar-refractivity contribution in [1.82, 2.24) is 0 Å². The summed E-state index contributed by atoms with van der Waals surface area (Å²) in [6.45, 7) is 8.67. The van der Waals surface area contributed by atoms with E-state index in [9.17, 15) is 0 Å². The van der Waals surface area contributed by atoms with E-state index in [0.717, 1.165) is 6.42 Å². The van der Waals surface area contributed by atoms with Crippen LogP contribution >= 0.6 is 0 Å². The largest absolute Gasteiger partial charge is 0.0847 e. The highest BCUT2D eigenvalue weighted by atomic mass is 13.9. The van der Waals surface area contributed by atoms with Crippen molar-refractivity contribution in [2.24, 2.45) is 0 Å². The van der Waals surface area contributed by atoms with E-state index in [-0.39, 0.29) is 0 Å². The third-order valence-corrected chi connectivity index (χ3v) is 2.33. The molecule has 0 unspecified atom stereocenters. The lowest BCUT2D eigenvalue weighted by Crippen LogP contribution is -1.77. The molecule has 0 spiro atoms. The second kappa shape index (κ2) is 8.80. The van der Waals surface area contributed by atoms with E-state index in [1.54, 1.807) is 0 Å². The van der Waals surface area contributed by atoms with Gasteiger partial charge in [-0.25, -0.2) is 0 Å². The molecule has 0 aromatic heterocycles. The molecule has 0 heterocycles. The molecule has 0 N–H and O–H groups in total.